The van der Waals surface area contributed by atoms with Crippen LogP contribution in [0.25, 0.3) is 0 Å². The molecule has 2 amide bonds. The predicted molar refractivity (Wildman–Crippen MR) is 69.0 cm³/mol. The molecule has 1 fully saturated rings. The third-order valence-electron chi connectivity index (χ3n) is 3.14. The summed E-state index contributed by atoms with van der Waals surface area (Å²) in [6.45, 7) is 2.73. The number of aliphatic carboxylic acids is 1. The van der Waals surface area contributed by atoms with Gasteiger partial charge in [0.1, 0.15) is 0 Å². The summed E-state index contributed by atoms with van der Waals surface area (Å²) in [5.74, 6) is -0.242. The second kappa shape index (κ2) is 6.90. The zero-order valence-corrected chi connectivity index (χ0v) is 11.1. The van der Waals surface area contributed by atoms with Gasteiger partial charge in [-0.2, -0.15) is 0 Å². The molecular formula is C12H18N4O4. The molecule has 8 nitrogen and oxygen atoms in total. The molecule has 0 bridgehead atoms. The quantitative estimate of drug-likeness (QED) is 0.805. The van der Waals surface area contributed by atoms with Crippen LogP contribution in [-0.2, 0) is 11.3 Å². The normalized spacial score (nSPS) is 16.7. The molecular weight excluding hydrogens is 264 g/mol. The van der Waals surface area contributed by atoms with E-state index < -0.39 is 5.97 Å². The van der Waals surface area contributed by atoms with Crippen LogP contribution in [0.3, 0.4) is 0 Å². The van der Waals surface area contributed by atoms with Crippen LogP contribution in [0, 0.1) is 0 Å². The van der Waals surface area contributed by atoms with Gasteiger partial charge >= 0.3 is 12.0 Å². The van der Waals surface area contributed by atoms with Crippen molar-refractivity contribution in [2.24, 2.45) is 0 Å². The molecule has 1 aliphatic heterocycles. The summed E-state index contributed by atoms with van der Waals surface area (Å²) < 4.78 is 4.90. The summed E-state index contributed by atoms with van der Waals surface area (Å²) in [7, 11) is 0. The number of amides is 2. The van der Waals surface area contributed by atoms with Gasteiger partial charge in [-0.05, 0) is 6.42 Å². The van der Waals surface area contributed by atoms with Gasteiger partial charge < -0.3 is 19.8 Å². The molecule has 8 heteroatoms. The lowest BCUT2D eigenvalue weighted by molar-refractivity contribution is -0.138. The highest BCUT2D eigenvalue weighted by molar-refractivity contribution is 5.74. The van der Waals surface area contributed by atoms with Gasteiger partial charge in [0.25, 0.3) is 0 Å². The minimum atomic E-state index is -0.840. The smallest absolute Gasteiger partial charge is 0.317 e. The first-order valence-corrected chi connectivity index (χ1v) is 6.51. The Morgan fingerprint density at radius 3 is 2.90 bits per heavy atom. The van der Waals surface area contributed by atoms with Crippen molar-refractivity contribution in [2.75, 3.05) is 32.7 Å². The van der Waals surface area contributed by atoms with Crippen molar-refractivity contribution < 1.29 is 19.2 Å². The van der Waals surface area contributed by atoms with Crippen molar-refractivity contribution in [3.8, 4) is 0 Å². The van der Waals surface area contributed by atoms with E-state index in [9.17, 15) is 9.59 Å². The minimum Gasteiger partial charge on any atom is -0.480 e. The SMILES string of the molecule is O=C(O)CN1CCCN(C(=O)NCc2ccno2)CC1. The second-order valence-corrected chi connectivity index (χ2v) is 4.65. The molecule has 0 unspecified atom stereocenters. The first-order chi connectivity index (χ1) is 9.65. The molecule has 20 heavy (non-hydrogen) atoms. The third kappa shape index (κ3) is 4.23. The molecule has 1 aliphatic rings. The Labute approximate surface area is 116 Å². The number of carboxylic acid groups (broad SMARTS) is 1. The van der Waals surface area contributed by atoms with Crippen LogP contribution >= 0.6 is 0 Å². The van der Waals surface area contributed by atoms with Crippen LogP contribution in [0.1, 0.15) is 12.2 Å². The standard InChI is InChI=1S/C12H18N4O4/c17-11(18)9-15-4-1-5-16(7-6-15)12(19)13-8-10-2-3-14-20-10/h2-3H,1,4-9H2,(H,13,19)(H,17,18). The van der Waals surface area contributed by atoms with Gasteiger partial charge in [0.05, 0.1) is 19.3 Å². The summed E-state index contributed by atoms with van der Waals surface area (Å²) in [5, 5.41) is 15.1. The Bertz CT molecular complexity index is 448. The van der Waals surface area contributed by atoms with E-state index in [2.05, 4.69) is 10.5 Å². The van der Waals surface area contributed by atoms with Crippen molar-refractivity contribution in [1.82, 2.24) is 20.3 Å². The zero-order valence-electron chi connectivity index (χ0n) is 11.1. The number of urea groups is 1. The molecule has 1 aromatic heterocycles. The topological polar surface area (TPSA) is 98.9 Å². The lowest BCUT2D eigenvalue weighted by atomic mass is 10.4. The van der Waals surface area contributed by atoms with Crippen molar-refractivity contribution >= 4 is 12.0 Å². The number of carbonyl (C=O) groups excluding carboxylic acids is 1. The number of nitrogens with zero attached hydrogens (tertiary/aromatic N) is 3. The lowest BCUT2D eigenvalue weighted by Crippen LogP contribution is -2.42. The maximum Gasteiger partial charge on any atom is 0.317 e. The molecule has 1 aromatic rings. The molecule has 0 saturated carbocycles. The largest absolute Gasteiger partial charge is 0.480 e. The van der Waals surface area contributed by atoms with Crippen molar-refractivity contribution in [3.05, 3.63) is 18.0 Å². The molecule has 0 spiro atoms. The van der Waals surface area contributed by atoms with Gasteiger partial charge in [0.15, 0.2) is 5.76 Å². The van der Waals surface area contributed by atoms with E-state index >= 15 is 0 Å². The van der Waals surface area contributed by atoms with Crippen LogP contribution in [-0.4, -0.2) is 64.8 Å². The number of hydrogen-bond acceptors (Lipinski definition) is 5. The number of rotatable bonds is 4. The average Bonchev–Trinajstić information content (AvgIpc) is 2.82. The molecule has 2 N–H and O–H groups in total. The van der Waals surface area contributed by atoms with Gasteiger partial charge in [0, 0.05) is 32.2 Å². The number of nitrogens with one attached hydrogen (secondary N) is 1. The van der Waals surface area contributed by atoms with E-state index in [1.807, 2.05) is 4.90 Å². The summed E-state index contributed by atoms with van der Waals surface area (Å²) in [4.78, 5) is 26.2. The van der Waals surface area contributed by atoms with E-state index in [0.717, 1.165) is 6.42 Å². The summed E-state index contributed by atoms with van der Waals surface area (Å²) in [6, 6.07) is 1.52. The van der Waals surface area contributed by atoms with Crippen molar-refractivity contribution in [3.63, 3.8) is 0 Å². The van der Waals surface area contributed by atoms with Gasteiger partial charge in [-0.15, -0.1) is 0 Å². The minimum absolute atomic E-state index is 0.0214. The number of hydrogen-bond donors (Lipinski definition) is 2. The van der Waals surface area contributed by atoms with Crippen LogP contribution in [0.2, 0.25) is 0 Å². The molecule has 0 radical (unpaired) electrons. The van der Waals surface area contributed by atoms with Crippen LogP contribution in [0.15, 0.2) is 16.8 Å². The molecule has 0 aromatic carbocycles. The predicted octanol–water partition coefficient (Wildman–Crippen LogP) is -0.0235. The monoisotopic (exact) mass is 282 g/mol. The highest BCUT2D eigenvalue weighted by Crippen LogP contribution is 2.04. The fraction of sp³-hybridized carbons (Fsp3) is 0.583. The van der Waals surface area contributed by atoms with Crippen molar-refractivity contribution in [1.29, 1.82) is 0 Å². The van der Waals surface area contributed by atoms with E-state index in [4.69, 9.17) is 9.63 Å². The molecule has 1 saturated heterocycles. The van der Waals surface area contributed by atoms with Crippen LogP contribution in [0.4, 0.5) is 4.79 Å². The molecule has 2 heterocycles. The maximum atomic E-state index is 12.0. The van der Waals surface area contributed by atoms with E-state index in [1.54, 1.807) is 11.0 Å². The van der Waals surface area contributed by atoms with Crippen LogP contribution in [0.5, 0.6) is 0 Å². The average molecular weight is 282 g/mol. The Morgan fingerprint density at radius 1 is 1.35 bits per heavy atom. The number of aromatic nitrogens is 1. The van der Waals surface area contributed by atoms with E-state index in [0.29, 0.717) is 38.5 Å². The second-order valence-electron chi connectivity index (χ2n) is 4.65. The fourth-order valence-corrected chi connectivity index (χ4v) is 2.13. The fourth-order valence-electron chi connectivity index (χ4n) is 2.13. The highest BCUT2D eigenvalue weighted by atomic mass is 16.5. The summed E-state index contributed by atoms with van der Waals surface area (Å²) in [5.41, 5.74) is 0. The van der Waals surface area contributed by atoms with Gasteiger partial charge in [-0.1, -0.05) is 5.16 Å². The van der Waals surface area contributed by atoms with Crippen LogP contribution < -0.4 is 5.32 Å². The van der Waals surface area contributed by atoms with Gasteiger partial charge in [0.2, 0.25) is 0 Å². The lowest BCUT2D eigenvalue weighted by Gasteiger charge is -2.21. The Hall–Kier alpha value is -2.09. The third-order valence-corrected chi connectivity index (χ3v) is 3.14. The molecule has 110 valence electrons. The molecule has 2 rings (SSSR count). The Kier molecular flexibility index (Phi) is 4.94. The molecule has 0 atom stereocenters. The Morgan fingerprint density at radius 2 is 2.20 bits per heavy atom. The first kappa shape index (κ1) is 14.3. The first-order valence-electron chi connectivity index (χ1n) is 6.51. The highest BCUT2D eigenvalue weighted by Gasteiger charge is 2.20. The number of carboxylic acids is 1. The number of carbonyl (C=O) groups is 2. The summed E-state index contributed by atoms with van der Waals surface area (Å²) >= 11 is 0. The van der Waals surface area contributed by atoms with E-state index in [1.165, 1.54) is 6.20 Å². The van der Waals surface area contributed by atoms with Crippen molar-refractivity contribution in [2.45, 2.75) is 13.0 Å². The van der Waals surface area contributed by atoms with Gasteiger partial charge in [-0.3, -0.25) is 9.69 Å². The zero-order chi connectivity index (χ0) is 14.4. The molecule has 0 aliphatic carbocycles. The Balaban J connectivity index is 1.77. The summed E-state index contributed by atoms with van der Waals surface area (Å²) in [6.07, 6.45) is 2.29. The maximum absolute atomic E-state index is 12.0. The van der Waals surface area contributed by atoms with Gasteiger partial charge in [-0.25, -0.2) is 4.79 Å². The van der Waals surface area contributed by atoms with E-state index in [-0.39, 0.29) is 12.6 Å².